The van der Waals surface area contributed by atoms with E-state index in [9.17, 15) is 9.59 Å². The number of hydrogen-bond donors (Lipinski definition) is 2. The van der Waals surface area contributed by atoms with Gasteiger partial charge in [-0.15, -0.1) is 0 Å². The first-order valence-corrected chi connectivity index (χ1v) is 8.08. The van der Waals surface area contributed by atoms with Crippen molar-refractivity contribution in [1.29, 1.82) is 0 Å². The maximum Gasteiger partial charge on any atom is 0.311 e. The van der Waals surface area contributed by atoms with Crippen LogP contribution in [-0.2, 0) is 17.8 Å². The lowest BCUT2D eigenvalue weighted by atomic mass is 10.1. The van der Waals surface area contributed by atoms with Crippen LogP contribution in [0, 0.1) is 5.41 Å². The Kier molecular flexibility index (Phi) is 4.69. The van der Waals surface area contributed by atoms with Gasteiger partial charge in [0.05, 0.1) is 5.41 Å². The number of nitrogens with zero attached hydrogens (tertiary/aromatic N) is 2. The number of nitrogens with one attached hydrogen (secondary N) is 1. The van der Waals surface area contributed by atoms with Gasteiger partial charge in [0.1, 0.15) is 5.75 Å². The zero-order chi connectivity index (χ0) is 17.9. The maximum atomic E-state index is 12.1. The van der Waals surface area contributed by atoms with Gasteiger partial charge in [-0.05, 0) is 37.1 Å². The molecule has 0 aliphatic heterocycles. The molecule has 1 aromatic carbocycles. The van der Waals surface area contributed by atoms with Crippen LogP contribution >= 0.6 is 0 Å². The number of carboxylic acid groups (broad SMARTS) is 1. The van der Waals surface area contributed by atoms with Gasteiger partial charge < -0.3 is 19.7 Å². The standard InChI is InChI=1S/C17H19N3O5/c1-2-14-19-13(20-25-14)9-24-12-5-3-11(4-6-12)15(21)18-10-17(7-8-17)16(22)23/h3-6H,2,7-10H2,1H3,(H,18,21)(H,22,23). The van der Waals surface area contributed by atoms with Gasteiger partial charge in [0.25, 0.3) is 5.91 Å². The highest BCUT2D eigenvalue weighted by Crippen LogP contribution is 2.45. The van der Waals surface area contributed by atoms with Crippen LogP contribution in [-0.4, -0.2) is 33.7 Å². The molecule has 1 aliphatic carbocycles. The highest BCUT2D eigenvalue weighted by molar-refractivity contribution is 5.94. The molecule has 8 nitrogen and oxygen atoms in total. The number of aromatic nitrogens is 2. The molecular weight excluding hydrogens is 326 g/mol. The number of carbonyl (C=O) groups is 2. The third-order valence-electron chi connectivity index (χ3n) is 4.19. The lowest BCUT2D eigenvalue weighted by Gasteiger charge is -2.11. The second-order valence-corrected chi connectivity index (χ2v) is 6.04. The van der Waals surface area contributed by atoms with Crippen molar-refractivity contribution in [3.8, 4) is 5.75 Å². The summed E-state index contributed by atoms with van der Waals surface area (Å²) in [7, 11) is 0. The Morgan fingerprint density at radius 2 is 2.04 bits per heavy atom. The molecule has 0 spiro atoms. The first-order chi connectivity index (χ1) is 12.0. The summed E-state index contributed by atoms with van der Waals surface area (Å²) in [4.78, 5) is 27.3. The second-order valence-electron chi connectivity index (χ2n) is 6.04. The average Bonchev–Trinajstić information content (AvgIpc) is 3.29. The third-order valence-corrected chi connectivity index (χ3v) is 4.19. The molecule has 132 valence electrons. The number of benzene rings is 1. The van der Waals surface area contributed by atoms with Crippen molar-refractivity contribution in [2.24, 2.45) is 5.41 Å². The smallest absolute Gasteiger partial charge is 0.311 e. The molecule has 1 saturated carbocycles. The van der Waals surface area contributed by atoms with Crippen LogP contribution in [0.4, 0.5) is 0 Å². The third kappa shape index (κ3) is 3.96. The molecule has 1 heterocycles. The Hall–Kier alpha value is -2.90. The molecule has 0 radical (unpaired) electrons. The van der Waals surface area contributed by atoms with E-state index in [0.717, 1.165) is 0 Å². The minimum atomic E-state index is -0.857. The Bertz CT molecular complexity index is 765. The number of aryl methyl sites for hydroxylation is 1. The van der Waals surface area contributed by atoms with Crippen molar-refractivity contribution >= 4 is 11.9 Å². The Morgan fingerprint density at radius 1 is 1.32 bits per heavy atom. The van der Waals surface area contributed by atoms with Crippen LogP contribution in [0.1, 0.15) is 41.8 Å². The number of hydrogen-bond acceptors (Lipinski definition) is 6. The van der Waals surface area contributed by atoms with Crippen molar-refractivity contribution in [2.75, 3.05) is 6.54 Å². The topological polar surface area (TPSA) is 115 Å². The van der Waals surface area contributed by atoms with E-state index in [-0.39, 0.29) is 19.1 Å². The summed E-state index contributed by atoms with van der Waals surface area (Å²) in [6, 6.07) is 6.58. The molecular formula is C17H19N3O5. The van der Waals surface area contributed by atoms with E-state index in [1.54, 1.807) is 24.3 Å². The zero-order valence-corrected chi connectivity index (χ0v) is 13.8. The van der Waals surface area contributed by atoms with Crippen LogP contribution in [0.2, 0.25) is 0 Å². The molecule has 2 aromatic rings. The highest BCUT2D eigenvalue weighted by Gasteiger charge is 2.50. The Labute approximate surface area is 144 Å². The average molecular weight is 345 g/mol. The largest absolute Gasteiger partial charge is 0.485 e. The van der Waals surface area contributed by atoms with E-state index in [2.05, 4.69) is 15.5 Å². The quantitative estimate of drug-likeness (QED) is 0.749. The van der Waals surface area contributed by atoms with Gasteiger partial charge in [-0.25, -0.2) is 0 Å². The van der Waals surface area contributed by atoms with Gasteiger partial charge in [0.15, 0.2) is 6.61 Å². The molecule has 1 aromatic heterocycles. The van der Waals surface area contributed by atoms with Crippen LogP contribution < -0.4 is 10.1 Å². The molecule has 0 unspecified atom stereocenters. The summed E-state index contributed by atoms with van der Waals surface area (Å²) >= 11 is 0. The summed E-state index contributed by atoms with van der Waals surface area (Å²) < 4.78 is 10.5. The van der Waals surface area contributed by atoms with Crippen molar-refractivity contribution in [2.45, 2.75) is 32.8 Å². The van der Waals surface area contributed by atoms with Crippen molar-refractivity contribution in [3.05, 3.63) is 41.5 Å². The van der Waals surface area contributed by atoms with Crippen molar-refractivity contribution < 1.29 is 24.0 Å². The first-order valence-electron chi connectivity index (χ1n) is 8.08. The zero-order valence-electron chi connectivity index (χ0n) is 13.8. The van der Waals surface area contributed by atoms with Gasteiger partial charge in [0.2, 0.25) is 11.7 Å². The number of carboxylic acids is 1. The number of rotatable bonds is 8. The highest BCUT2D eigenvalue weighted by atomic mass is 16.5. The Morgan fingerprint density at radius 3 is 2.60 bits per heavy atom. The molecule has 0 bridgehead atoms. The predicted octanol–water partition coefficient (Wildman–Crippen LogP) is 1.81. The van der Waals surface area contributed by atoms with Gasteiger partial charge >= 0.3 is 5.97 Å². The summed E-state index contributed by atoms with van der Waals surface area (Å²) in [6.07, 6.45) is 1.87. The molecule has 0 atom stereocenters. The fourth-order valence-corrected chi connectivity index (χ4v) is 2.31. The normalized spacial score (nSPS) is 14.8. The molecule has 1 aliphatic rings. The van der Waals surface area contributed by atoms with Gasteiger partial charge in [-0.1, -0.05) is 12.1 Å². The van der Waals surface area contributed by atoms with Gasteiger partial charge in [0, 0.05) is 18.5 Å². The van der Waals surface area contributed by atoms with E-state index in [0.29, 0.717) is 42.3 Å². The van der Waals surface area contributed by atoms with Crippen molar-refractivity contribution in [1.82, 2.24) is 15.5 Å². The molecule has 1 fully saturated rings. The van der Waals surface area contributed by atoms with E-state index in [1.807, 2.05) is 6.92 Å². The number of aliphatic carboxylic acids is 1. The molecule has 8 heteroatoms. The minimum absolute atomic E-state index is 0.150. The number of carbonyl (C=O) groups excluding carboxylic acids is 1. The van der Waals surface area contributed by atoms with E-state index in [1.165, 1.54) is 0 Å². The molecule has 1 amide bonds. The summed E-state index contributed by atoms with van der Waals surface area (Å²) in [5.41, 5.74) is -0.331. The molecule has 0 saturated heterocycles. The van der Waals surface area contributed by atoms with Crippen LogP contribution in [0.25, 0.3) is 0 Å². The summed E-state index contributed by atoms with van der Waals surface area (Å²) in [6.45, 7) is 2.25. The minimum Gasteiger partial charge on any atom is -0.485 e. The lowest BCUT2D eigenvalue weighted by molar-refractivity contribution is -0.143. The fraction of sp³-hybridized carbons (Fsp3) is 0.412. The first kappa shape index (κ1) is 16.9. The number of amides is 1. The van der Waals surface area contributed by atoms with E-state index < -0.39 is 11.4 Å². The molecule has 3 rings (SSSR count). The summed E-state index contributed by atoms with van der Waals surface area (Å²) in [5, 5.41) is 15.6. The second kappa shape index (κ2) is 6.92. The van der Waals surface area contributed by atoms with Crippen LogP contribution in [0.15, 0.2) is 28.8 Å². The lowest BCUT2D eigenvalue weighted by Crippen LogP contribution is -2.34. The SMILES string of the molecule is CCc1nc(COc2ccc(C(=O)NCC3(C(=O)O)CC3)cc2)no1. The van der Waals surface area contributed by atoms with E-state index >= 15 is 0 Å². The monoisotopic (exact) mass is 345 g/mol. The van der Waals surface area contributed by atoms with Gasteiger partial charge in [-0.3, -0.25) is 9.59 Å². The fourth-order valence-electron chi connectivity index (χ4n) is 2.31. The summed E-state index contributed by atoms with van der Waals surface area (Å²) in [5.74, 6) is 0.431. The van der Waals surface area contributed by atoms with Crippen molar-refractivity contribution in [3.63, 3.8) is 0 Å². The number of ether oxygens (including phenoxy) is 1. The maximum absolute atomic E-state index is 12.1. The molecule has 25 heavy (non-hydrogen) atoms. The predicted molar refractivity (Wildman–Crippen MR) is 86.1 cm³/mol. The Balaban J connectivity index is 1.51. The van der Waals surface area contributed by atoms with Crippen LogP contribution in [0.3, 0.4) is 0 Å². The molecule has 2 N–H and O–H groups in total. The van der Waals surface area contributed by atoms with Gasteiger partial charge in [-0.2, -0.15) is 4.98 Å². The van der Waals surface area contributed by atoms with Crippen LogP contribution in [0.5, 0.6) is 5.75 Å². The van der Waals surface area contributed by atoms with E-state index in [4.69, 9.17) is 14.4 Å².